The minimum absolute atomic E-state index is 0.588. The highest BCUT2D eigenvalue weighted by Crippen LogP contribution is 2.15. The Morgan fingerprint density at radius 3 is 1.94 bits per heavy atom. The van der Waals surface area contributed by atoms with Crippen molar-refractivity contribution in [3.63, 3.8) is 0 Å². The van der Waals surface area contributed by atoms with Crippen LogP contribution in [0, 0.1) is 32.3 Å². The second-order valence-electron chi connectivity index (χ2n) is 7.51. The van der Waals surface area contributed by atoms with Crippen LogP contribution in [0.2, 0.25) is 0 Å². The predicted molar refractivity (Wildman–Crippen MR) is 148 cm³/mol. The van der Waals surface area contributed by atoms with E-state index >= 15 is 0 Å². The lowest BCUT2D eigenvalue weighted by Gasteiger charge is -1.91. The number of nitrogens with two attached hydrogens (primary N) is 1. The number of aryl methyl sites for hydroxylation is 2. The molecule has 0 saturated heterocycles. The van der Waals surface area contributed by atoms with Crippen molar-refractivity contribution in [2.24, 2.45) is 0 Å². The van der Waals surface area contributed by atoms with Gasteiger partial charge in [-0.05, 0) is 63.1 Å². The van der Waals surface area contributed by atoms with Crippen LogP contribution in [-0.4, -0.2) is 19.6 Å². The van der Waals surface area contributed by atoms with E-state index in [-0.39, 0.29) is 0 Å². The summed E-state index contributed by atoms with van der Waals surface area (Å²) >= 11 is 0. The lowest BCUT2D eigenvalue weighted by atomic mass is 10.2. The lowest BCUT2D eigenvalue weighted by Crippen LogP contribution is -1.87. The number of anilines is 1. The highest BCUT2D eigenvalue weighted by atomic mass is 15.3. The van der Waals surface area contributed by atoms with Crippen molar-refractivity contribution in [2.45, 2.75) is 27.7 Å². The number of nitrogen functional groups attached to an aromatic ring is 1. The minimum atomic E-state index is 0.588. The predicted octanol–water partition coefficient (Wildman–Crippen LogP) is 6.94. The molecule has 0 saturated carbocycles. The van der Waals surface area contributed by atoms with Gasteiger partial charge in [0.25, 0.3) is 0 Å². The van der Waals surface area contributed by atoms with Crippen molar-refractivity contribution in [1.82, 2.24) is 19.6 Å². The Labute approximate surface area is 213 Å². The van der Waals surface area contributed by atoms with Crippen LogP contribution in [0.3, 0.4) is 0 Å². The fourth-order valence-corrected chi connectivity index (χ4v) is 2.75. The molecule has 3 aromatic heterocycles. The van der Waals surface area contributed by atoms with Gasteiger partial charge in [-0.1, -0.05) is 60.7 Å². The molecule has 36 heavy (non-hydrogen) atoms. The molecule has 0 bridgehead atoms. The Balaban J connectivity index is 0.000000193. The molecular weight excluding hydrogens is 444 g/mol. The molecule has 3 heterocycles. The first-order valence-electron chi connectivity index (χ1n) is 11.3. The number of aromatic nitrogens is 4. The van der Waals surface area contributed by atoms with Gasteiger partial charge in [-0.2, -0.15) is 0 Å². The van der Waals surface area contributed by atoms with Crippen molar-refractivity contribution in [3.8, 4) is 23.2 Å². The number of benzene rings is 2. The Bertz CT molecular complexity index is 1420. The van der Waals surface area contributed by atoms with E-state index in [0.29, 0.717) is 11.5 Å². The molecule has 5 rings (SSSR count). The zero-order valence-electron chi connectivity index (χ0n) is 21.1. The van der Waals surface area contributed by atoms with Crippen LogP contribution in [0.1, 0.15) is 25.0 Å². The summed E-state index contributed by atoms with van der Waals surface area (Å²) in [6, 6.07) is 27.0. The molecule has 0 spiro atoms. The molecule has 2 N–H and O–H groups in total. The maximum Gasteiger partial charge on any atom is 0.187 e. The maximum atomic E-state index is 6.57. The van der Waals surface area contributed by atoms with Crippen LogP contribution in [-0.2, 0) is 0 Å². The highest BCUT2D eigenvalue weighted by Gasteiger charge is 2.04. The van der Waals surface area contributed by atoms with E-state index in [1.54, 1.807) is 22.8 Å². The molecule has 0 atom stereocenters. The van der Waals surface area contributed by atoms with Crippen LogP contribution < -0.4 is 5.73 Å². The fraction of sp³-hybridized carbons (Fsp3) is 0.133. The Morgan fingerprint density at radius 2 is 1.44 bits per heavy atom. The largest absolute Gasteiger partial charge is 0.384 e. The summed E-state index contributed by atoms with van der Waals surface area (Å²) < 4.78 is 1.80. The molecule has 0 aliphatic rings. The lowest BCUT2D eigenvalue weighted by molar-refractivity contribution is 0.962. The Hall–Kier alpha value is -4.94. The first-order chi connectivity index (χ1) is 17.5. The third kappa shape index (κ3) is 9.51. The van der Waals surface area contributed by atoms with Crippen LogP contribution >= 0.6 is 0 Å². The summed E-state index contributed by atoms with van der Waals surface area (Å²) in [5.74, 6) is 6.72. The molecule has 2 aromatic carbocycles. The monoisotopic (exact) mass is 474 g/mol. The van der Waals surface area contributed by atoms with Gasteiger partial charge in [0.1, 0.15) is 5.82 Å². The number of nitrogens with zero attached hydrogens (tertiary/aromatic N) is 5. The molecule has 6 nitrogen and oxygen atoms in total. The van der Waals surface area contributed by atoms with Gasteiger partial charge in [0.05, 0.1) is 6.57 Å². The van der Waals surface area contributed by atoms with Crippen molar-refractivity contribution in [1.29, 1.82) is 0 Å². The third-order valence-electron chi connectivity index (χ3n) is 4.60. The third-order valence-corrected chi connectivity index (χ3v) is 4.60. The van der Waals surface area contributed by atoms with Crippen LogP contribution in [0.25, 0.3) is 21.9 Å². The molecule has 6 heteroatoms. The quantitative estimate of drug-likeness (QED) is 0.211. The SMILES string of the molecule is CC#CC.Cc1ccn2nc(-c3ccccc3)nc2c1.Cc1ccnc(N)c1.[C-]#[N+]c1ccccc1. The molecule has 0 unspecified atom stereocenters. The number of hydrogen-bond acceptors (Lipinski definition) is 4. The average Bonchev–Trinajstić information content (AvgIpc) is 3.34. The highest BCUT2D eigenvalue weighted by molar-refractivity contribution is 5.58. The molecule has 0 amide bonds. The van der Waals surface area contributed by atoms with Gasteiger partial charge in [-0.15, -0.1) is 16.9 Å². The van der Waals surface area contributed by atoms with E-state index in [1.165, 1.54) is 5.56 Å². The Kier molecular flexibility index (Phi) is 11.4. The van der Waals surface area contributed by atoms with Gasteiger partial charge < -0.3 is 5.73 Å². The summed E-state index contributed by atoms with van der Waals surface area (Å²) in [5, 5.41) is 4.43. The number of fused-ring (bicyclic) bond motifs is 1. The summed E-state index contributed by atoms with van der Waals surface area (Å²) in [5.41, 5.74) is 10.3. The molecule has 0 radical (unpaired) electrons. The minimum Gasteiger partial charge on any atom is -0.384 e. The van der Waals surface area contributed by atoms with Gasteiger partial charge in [0, 0.05) is 18.0 Å². The first kappa shape index (κ1) is 27.3. The molecule has 0 fully saturated rings. The zero-order chi connectivity index (χ0) is 26.2. The molecule has 180 valence electrons. The summed E-state index contributed by atoms with van der Waals surface area (Å²) in [4.78, 5) is 11.5. The summed E-state index contributed by atoms with van der Waals surface area (Å²) in [6.07, 6.45) is 3.63. The van der Waals surface area contributed by atoms with E-state index in [2.05, 4.69) is 38.7 Å². The molecular formula is C30H30N6. The molecule has 0 aliphatic heterocycles. The zero-order valence-corrected chi connectivity index (χ0v) is 21.1. The van der Waals surface area contributed by atoms with Gasteiger partial charge in [-0.25, -0.2) is 19.3 Å². The van der Waals surface area contributed by atoms with E-state index in [1.807, 2.05) is 99.8 Å². The number of pyridine rings is 2. The topological polar surface area (TPSA) is 73.5 Å². The van der Waals surface area contributed by atoms with E-state index in [4.69, 9.17) is 12.3 Å². The molecule has 0 aliphatic carbocycles. The van der Waals surface area contributed by atoms with E-state index in [9.17, 15) is 0 Å². The van der Waals surface area contributed by atoms with Crippen molar-refractivity contribution in [3.05, 3.63) is 120 Å². The number of rotatable bonds is 1. The van der Waals surface area contributed by atoms with Gasteiger partial charge in [-0.3, -0.25) is 0 Å². The number of para-hydroxylation sites is 1. The summed E-state index contributed by atoms with van der Waals surface area (Å²) in [6.45, 7) is 14.2. The summed E-state index contributed by atoms with van der Waals surface area (Å²) in [7, 11) is 0. The second kappa shape index (κ2) is 15.1. The number of hydrogen-bond donors (Lipinski definition) is 1. The van der Waals surface area contributed by atoms with Gasteiger partial charge in [0.15, 0.2) is 17.2 Å². The van der Waals surface area contributed by atoms with Crippen LogP contribution in [0.15, 0.2) is 97.3 Å². The Morgan fingerprint density at radius 1 is 0.833 bits per heavy atom. The standard InChI is InChI=1S/C13H11N3.C7H5N.C6H8N2.C4H6/c1-10-7-8-16-12(9-10)14-13(15-16)11-5-3-2-4-6-11;1-8-7-5-3-2-4-6-7;1-5-2-3-8-6(7)4-5;1-3-4-2/h2-9H,1H3;2-6H;2-4H,1H3,(H2,7,8);1-2H3. The first-order valence-corrected chi connectivity index (χ1v) is 11.3. The fourth-order valence-electron chi connectivity index (χ4n) is 2.75. The van der Waals surface area contributed by atoms with Gasteiger partial charge in [0.2, 0.25) is 0 Å². The van der Waals surface area contributed by atoms with E-state index < -0.39 is 0 Å². The van der Waals surface area contributed by atoms with Crippen molar-refractivity contribution < 1.29 is 0 Å². The maximum absolute atomic E-state index is 6.57. The van der Waals surface area contributed by atoms with E-state index in [0.717, 1.165) is 22.6 Å². The average molecular weight is 475 g/mol. The van der Waals surface area contributed by atoms with Crippen molar-refractivity contribution >= 4 is 17.2 Å². The smallest absolute Gasteiger partial charge is 0.187 e. The van der Waals surface area contributed by atoms with Crippen LogP contribution in [0.5, 0.6) is 0 Å². The second-order valence-corrected chi connectivity index (χ2v) is 7.51. The van der Waals surface area contributed by atoms with Gasteiger partial charge >= 0.3 is 0 Å². The normalized spacial score (nSPS) is 8.97. The van der Waals surface area contributed by atoms with Crippen LogP contribution in [0.4, 0.5) is 11.5 Å². The molecule has 5 aromatic rings. The van der Waals surface area contributed by atoms with Crippen molar-refractivity contribution in [2.75, 3.05) is 5.73 Å².